The number of halogens is 1. The van der Waals surface area contributed by atoms with E-state index in [0.29, 0.717) is 0 Å². The number of unbranched alkanes of at least 4 members (excludes halogenated alkanes) is 2. The molecule has 1 unspecified atom stereocenters. The zero-order valence-electron chi connectivity index (χ0n) is 8.65. The lowest BCUT2D eigenvalue weighted by Gasteiger charge is -2.19. The molecule has 0 spiro atoms. The average molecular weight is 236 g/mol. The summed E-state index contributed by atoms with van der Waals surface area (Å²) in [5.41, 5.74) is 0. The van der Waals surface area contributed by atoms with Gasteiger partial charge in [-0.25, -0.2) is 0 Å². The second-order valence-corrected chi connectivity index (χ2v) is 4.38. The normalized spacial score (nSPS) is 13.8. The van der Waals surface area contributed by atoms with Crippen LogP contribution in [0.2, 0.25) is 0 Å². The summed E-state index contributed by atoms with van der Waals surface area (Å²) in [5.74, 6) is 0.775. The van der Waals surface area contributed by atoms with Crippen molar-refractivity contribution < 1.29 is 0 Å². The van der Waals surface area contributed by atoms with Crippen molar-refractivity contribution in [3.8, 4) is 0 Å². The first kappa shape index (κ1) is 12.4. The molecule has 0 N–H and O–H groups in total. The van der Waals surface area contributed by atoms with E-state index in [0.717, 1.165) is 11.2 Å². The van der Waals surface area contributed by atoms with E-state index in [1.165, 1.54) is 32.4 Å². The Labute approximate surface area is 85.7 Å². The molecule has 0 amide bonds. The number of hydrogen-bond acceptors (Lipinski definition) is 1. The molecule has 0 saturated carbocycles. The van der Waals surface area contributed by atoms with Crippen LogP contribution in [-0.4, -0.2) is 30.4 Å². The second-order valence-electron chi connectivity index (χ2n) is 3.73. The van der Waals surface area contributed by atoms with Crippen LogP contribution >= 0.6 is 15.9 Å². The number of alkyl halides is 1. The smallest absolute Gasteiger partial charge is 0.00692 e. The zero-order valence-corrected chi connectivity index (χ0v) is 10.2. The van der Waals surface area contributed by atoms with Gasteiger partial charge in [0.25, 0.3) is 0 Å². The minimum absolute atomic E-state index is 0.775. The Bertz CT molecular complexity index is 95.8. The molecule has 0 aliphatic heterocycles. The van der Waals surface area contributed by atoms with Gasteiger partial charge in [-0.1, -0.05) is 42.6 Å². The van der Waals surface area contributed by atoms with Crippen LogP contribution in [-0.2, 0) is 0 Å². The standard InChI is InChI=1S/C10H22BrN/c1-4-5-6-7-12(3)9-10(2)8-11/h10H,4-9H2,1-3H3. The van der Waals surface area contributed by atoms with Gasteiger partial charge in [-0.3, -0.25) is 0 Å². The van der Waals surface area contributed by atoms with E-state index in [9.17, 15) is 0 Å². The molecule has 0 aromatic carbocycles. The summed E-state index contributed by atoms with van der Waals surface area (Å²) in [5, 5.41) is 1.12. The van der Waals surface area contributed by atoms with Gasteiger partial charge in [-0.15, -0.1) is 0 Å². The van der Waals surface area contributed by atoms with E-state index in [2.05, 4.69) is 41.7 Å². The maximum atomic E-state index is 3.50. The molecule has 0 fully saturated rings. The Hall–Kier alpha value is 0.440. The van der Waals surface area contributed by atoms with Crippen molar-refractivity contribution in [1.29, 1.82) is 0 Å². The van der Waals surface area contributed by atoms with Gasteiger partial charge >= 0.3 is 0 Å². The van der Waals surface area contributed by atoms with E-state index in [-0.39, 0.29) is 0 Å². The van der Waals surface area contributed by atoms with Gasteiger partial charge in [0.2, 0.25) is 0 Å². The monoisotopic (exact) mass is 235 g/mol. The fourth-order valence-electron chi connectivity index (χ4n) is 1.30. The molecule has 0 radical (unpaired) electrons. The van der Waals surface area contributed by atoms with Crippen molar-refractivity contribution in [2.75, 3.05) is 25.5 Å². The van der Waals surface area contributed by atoms with E-state index in [1.54, 1.807) is 0 Å². The molecule has 0 aromatic heterocycles. The molecule has 0 bridgehead atoms. The SMILES string of the molecule is CCCCCN(C)CC(C)CBr. The fraction of sp³-hybridized carbons (Fsp3) is 1.00. The van der Waals surface area contributed by atoms with Crippen LogP contribution in [0.4, 0.5) is 0 Å². The first-order chi connectivity index (χ1) is 5.70. The molecule has 0 rings (SSSR count). The molecule has 74 valence electrons. The van der Waals surface area contributed by atoms with Crippen molar-refractivity contribution in [2.24, 2.45) is 5.92 Å². The van der Waals surface area contributed by atoms with Crippen molar-refractivity contribution in [3.05, 3.63) is 0 Å². The van der Waals surface area contributed by atoms with E-state index in [4.69, 9.17) is 0 Å². The third-order valence-electron chi connectivity index (χ3n) is 2.03. The van der Waals surface area contributed by atoms with Gasteiger partial charge in [0.15, 0.2) is 0 Å². The van der Waals surface area contributed by atoms with Crippen LogP contribution in [0, 0.1) is 5.92 Å². The Kier molecular flexibility index (Phi) is 8.35. The van der Waals surface area contributed by atoms with E-state index < -0.39 is 0 Å². The predicted molar refractivity (Wildman–Crippen MR) is 60.0 cm³/mol. The van der Waals surface area contributed by atoms with Crippen LogP contribution in [0.1, 0.15) is 33.1 Å². The first-order valence-corrected chi connectivity index (χ1v) is 6.07. The summed E-state index contributed by atoms with van der Waals surface area (Å²) in [6.07, 6.45) is 4.04. The van der Waals surface area contributed by atoms with Crippen LogP contribution in [0.3, 0.4) is 0 Å². The molecular weight excluding hydrogens is 214 g/mol. The highest BCUT2D eigenvalue weighted by Gasteiger charge is 2.03. The van der Waals surface area contributed by atoms with Gasteiger partial charge in [0.1, 0.15) is 0 Å². The lowest BCUT2D eigenvalue weighted by atomic mass is 10.2. The third kappa shape index (κ3) is 7.11. The van der Waals surface area contributed by atoms with Crippen molar-refractivity contribution in [2.45, 2.75) is 33.1 Å². The van der Waals surface area contributed by atoms with Crippen molar-refractivity contribution in [1.82, 2.24) is 4.90 Å². The van der Waals surface area contributed by atoms with Gasteiger partial charge in [-0.05, 0) is 25.9 Å². The van der Waals surface area contributed by atoms with Crippen LogP contribution in [0.5, 0.6) is 0 Å². The van der Waals surface area contributed by atoms with Gasteiger partial charge in [0.05, 0.1) is 0 Å². The second kappa shape index (κ2) is 8.06. The molecule has 0 saturated heterocycles. The molecule has 0 aromatic rings. The molecule has 0 heterocycles. The molecular formula is C10H22BrN. The molecule has 1 nitrogen and oxygen atoms in total. The Morgan fingerprint density at radius 3 is 2.50 bits per heavy atom. The van der Waals surface area contributed by atoms with E-state index >= 15 is 0 Å². The minimum atomic E-state index is 0.775. The Morgan fingerprint density at radius 1 is 1.33 bits per heavy atom. The Morgan fingerprint density at radius 2 is 2.00 bits per heavy atom. The summed E-state index contributed by atoms with van der Waals surface area (Å²) < 4.78 is 0. The topological polar surface area (TPSA) is 3.24 Å². The third-order valence-corrected chi connectivity index (χ3v) is 3.14. The molecule has 12 heavy (non-hydrogen) atoms. The highest BCUT2D eigenvalue weighted by atomic mass is 79.9. The van der Waals surface area contributed by atoms with Gasteiger partial charge < -0.3 is 4.90 Å². The minimum Gasteiger partial charge on any atom is -0.306 e. The van der Waals surface area contributed by atoms with E-state index in [1.807, 2.05) is 0 Å². The average Bonchev–Trinajstić information content (AvgIpc) is 2.05. The van der Waals surface area contributed by atoms with Gasteiger partial charge in [0, 0.05) is 11.9 Å². The molecule has 0 aliphatic rings. The highest BCUT2D eigenvalue weighted by Crippen LogP contribution is 2.03. The van der Waals surface area contributed by atoms with Crippen molar-refractivity contribution >= 4 is 15.9 Å². The van der Waals surface area contributed by atoms with Crippen LogP contribution in [0.25, 0.3) is 0 Å². The summed E-state index contributed by atoms with van der Waals surface area (Å²) in [6, 6.07) is 0. The zero-order chi connectivity index (χ0) is 9.40. The highest BCUT2D eigenvalue weighted by molar-refractivity contribution is 9.09. The summed E-state index contributed by atoms with van der Waals surface area (Å²) in [4.78, 5) is 2.43. The predicted octanol–water partition coefficient (Wildman–Crippen LogP) is 3.14. The summed E-state index contributed by atoms with van der Waals surface area (Å²) in [6.45, 7) is 7.01. The quantitative estimate of drug-likeness (QED) is 0.485. The lowest BCUT2D eigenvalue weighted by Crippen LogP contribution is -2.26. The maximum Gasteiger partial charge on any atom is 0.00692 e. The fourth-order valence-corrected chi connectivity index (χ4v) is 1.51. The van der Waals surface area contributed by atoms with Gasteiger partial charge in [-0.2, -0.15) is 0 Å². The van der Waals surface area contributed by atoms with Crippen molar-refractivity contribution in [3.63, 3.8) is 0 Å². The summed E-state index contributed by atoms with van der Waals surface area (Å²) >= 11 is 3.50. The number of rotatable bonds is 7. The molecule has 0 aliphatic carbocycles. The van der Waals surface area contributed by atoms with Crippen LogP contribution in [0.15, 0.2) is 0 Å². The molecule has 2 heteroatoms. The summed E-state index contributed by atoms with van der Waals surface area (Å²) in [7, 11) is 2.22. The Balaban J connectivity index is 3.26. The lowest BCUT2D eigenvalue weighted by molar-refractivity contribution is 0.292. The number of nitrogens with zero attached hydrogens (tertiary/aromatic N) is 1. The largest absolute Gasteiger partial charge is 0.306 e. The maximum absolute atomic E-state index is 3.50. The van der Waals surface area contributed by atoms with Crippen LogP contribution < -0.4 is 0 Å². The number of hydrogen-bond donors (Lipinski definition) is 0. The molecule has 1 atom stereocenters. The first-order valence-electron chi connectivity index (χ1n) is 4.95.